The molecule has 6 nitrogen and oxygen atoms in total. The monoisotopic (exact) mass is 538 g/mol. The standard InChI is InChI=1S/C26H36Cl2N4O2S/c1-24(2,3)19-14-16(22(33)32-13-12-31(25(4,5)6)15-26(32,7)8)21(35-19)30-23(34)29-18-11-9-10-17(27)20(18)28/h9-11,14H,12-13,15H2,1-8H3,(H2,29,30,34). The Morgan fingerprint density at radius 1 is 1.03 bits per heavy atom. The summed E-state index contributed by atoms with van der Waals surface area (Å²) >= 11 is 13.7. The SMILES string of the molecule is CC(C)(C)c1cc(C(=O)N2CCN(C(C)(C)C)CC2(C)C)c(NC(=O)Nc2cccc(Cl)c2Cl)s1. The van der Waals surface area contributed by atoms with Crippen LogP contribution in [0, 0.1) is 0 Å². The van der Waals surface area contributed by atoms with E-state index >= 15 is 0 Å². The molecule has 0 bridgehead atoms. The Bertz CT molecular complexity index is 1120. The molecule has 0 saturated carbocycles. The van der Waals surface area contributed by atoms with Crippen LogP contribution >= 0.6 is 34.5 Å². The number of hydrogen-bond donors (Lipinski definition) is 2. The summed E-state index contributed by atoms with van der Waals surface area (Å²) in [6.45, 7) is 19.2. The topological polar surface area (TPSA) is 64.7 Å². The van der Waals surface area contributed by atoms with Crippen LogP contribution in [0.1, 0.15) is 70.6 Å². The number of carbonyl (C=O) groups excluding carboxylic acids is 2. The Labute approximate surface area is 223 Å². The molecule has 0 unspecified atom stereocenters. The number of halogens is 2. The number of rotatable bonds is 3. The largest absolute Gasteiger partial charge is 0.331 e. The highest BCUT2D eigenvalue weighted by molar-refractivity contribution is 7.16. The highest BCUT2D eigenvalue weighted by Crippen LogP contribution is 2.38. The maximum atomic E-state index is 13.9. The van der Waals surface area contributed by atoms with Gasteiger partial charge in [-0.3, -0.25) is 15.0 Å². The molecule has 3 amide bonds. The van der Waals surface area contributed by atoms with Crippen LogP contribution < -0.4 is 10.6 Å². The van der Waals surface area contributed by atoms with Gasteiger partial charge in [-0.1, -0.05) is 50.0 Å². The molecule has 35 heavy (non-hydrogen) atoms. The molecule has 2 N–H and O–H groups in total. The van der Waals surface area contributed by atoms with E-state index in [1.807, 2.05) is 11.0 Å². The second-order valence-corrected chi connectivity index (χ2v) is 13.5. The summed E-state index contributed by atoms with van der Waals surface area (Å²) in [5, 5.41) is 6.76. The van der Waals surface area contributed by atoms with E-state index in [-0.39, 0.29) is 27.4 Å². The van der Waals surface area contributed by atoms with Crippen LogP contribution in [0.4, 0.5) is 15.5 Å². The third-order valence-corrected chi connectivity index (χ3v) is 8.52. The summed E-state index contributed by atoms with van der Waals surface area (Å²) in [6, 6.07) is 6.47. The summed E-state index contributed by atoms with van der Waals surface area (Å²) in [5.41, 5.74) is 0.398. The second-order valence-electron chi connectivity index (χ2n) is 11.6. The number of piperazine rings is 1. The average molecular weight is 540 g/mol. The van der Waals surface area contributed by atoms with E-state index in [1.165, 1.54) is 11.3 Å². The molecule has 9 heteroatoms. The predicted molar refractivity (Wildman–Crippen MR) is 149 cm³/mol. The number of hydrogen-bond acceptors (Lipinski definition) is 4. The van der Waals surface area contributed by atoms with Gasteiger partial charge in [-0.05, 0) is 58.2 Å². The first kappa shape index (κ1) is 27.8. The summed E-state index contributed by atoms with van der Waals surface area (Å²) in [7, 11) is 0. The average Bonchev–Trinajstić information content (AvgIpc) is 3.13. The van der Waals surface area contributed by atoms with E-state index in [2.05, 4.69) is 70.9 Å². The molecule has 0 atom stereocenters. The zero-order valence-corrected chi connectivity index (χ0v) is 24.1. The van der Waals surface area contributed by atoms with Crippen molar-refractivity contribution in [3.63, 3.8) is 0 Å². The number of carbonyl (C=O) groups is 2. The highest BCUT2D eigenvalue weighted by atomic mass is 35.5. The van der Waals surface area contributed by atoms with Gasteiger partial charge in [0.15, 0.2) is 0 Å². The molecule has 0 radical (unpaired) electrons. The first-order valence-electron chi connectivity index (χ1n) is 11.7. The molecule has 1 saturated heterocycles. The van der Waals surface area contributed by atoms with E-state index in [1.54, 1.807) is 18.2 Å². The molecule has 1 aliphatic heterocycles. The molecule has 2 heterocycles. The van der Waals surface area contributed by atoms with Crippen LogP contribution in [0.15, 0.2) is 24.3 Å². The van der Waals surface area contributed by atoms with Crippen molar-refractivity contribution < 1.29 is 9.59 Å². The van der Waals surface area contributed by atoms with Crippen molar-refractivity contribution in [3.8, 4) is 0 Å². The van der Waals surface area contributed by atoms with Crippen molar-refractivity contribution in [2.45, 2.75) is 71.9 Å². The fraction of sp³-hybridized carbons (Fsp3) is 0.538. The van der Waals surface area contributed by atoms with Crippen LogP contribution in [0.2, 0.25) is 10.0 Å². The van der Waals surface area contributed by atoms with Gasteiger partial charge >= 0.3 is 6.03 Å². The van der Waals surface area contributed by atoms with Gasteiger partial charge < -0.3 is 10.2 Å². The van der Waals surface area contributed by atoms with Crippen LogP contribution in [0.3, 0.4) is 0 Å². The minimum Gasteiger partial charge on any atom is -0.331 e. The van der Waals surface area contributed by atoms with Gasteiger partial charge in [-0.25, -0.2) is 4.79 Å². The van der Waals surface area contributed by atoms with Crippen LogP contribution in [-0.4, -0.2) is 52.5 Å². The summed E-state index contributed by atoms with van der Waals surface area (Å²) < 4.78 is 0. The van der Waals surface area contributed by atoms with Crippen molar-refractivity contribution in [2.24, 2.45) is 0 Å². The van der Waals surface area contributed by atoms with Gasteiger partial charge in [0.25, 0.3) is 5.91 Å². The Kier molecular flexibility index (Phi) is 7.88. The van der Waals surface area contributed by atoms with E-state index in [0.29, 0.717) is 27.8 Å². The van der Waals surface area contributed by atoms with Crippen molar-refractivity contribution >= 4 is 57.2 Å². The lowest BCUT2D eigenvalue weighted by atomic mass is 9.92. The molecule has 192 valence electrons. The van der Waals surface area contributed by atoms with Gasteiger partial charge in [-0.2, -0.15) is 0 Å². The zero-order chi connectivity index (χ0) is 26.3. The van der Waals surface area contributed by atoms with E-state index in [4.69, 9.17) is 23.2 Å². The fourth-order valence-electron chi connectivity index (χ4n) is 4.12. The smallest absolute Gasteiger partial charge is 0.324 e. The quantitative estimate of drug-likeness (QED) is 0.429. The van der Waals surface area contributed by atoms with Gasteiger partial charge in [0, 0.05) is 30.1 Å². The number of nitrogens with zero attached hydrogens (tertiary/aromatic N) is 2. The van der Waals surface area contributed by atoms with E-state index in [0.717, 1.165) is 18.0 Å². The van der Waals surface area contributed by atoms with Crippen molar-refractivity contribution in [2.75, 3.05) is 30.3 Å². The van der Waals surface area contributed by atoms with E-state index in [9.17, 15) is 9.59 Å². The zero-order valence-electron chi connectivity index (χ0n) is 21.8. The molecule has 1 aliphatic rings. The lowest BCUT2D eigenvalue weighted by Crippen LogP contribution is -2.64. The Hall–Kier alpha value is -1.80. The number of thiophene rings is 1. The number of benzene rings is 1. The molecule has 0 spiro atoms. The molecular formula is C26H36Cl2N4O2S. The molecular weight excluding hydrogens is 503 g/mol. The molecule has 3 rings (SSSR count). The minimum absolute atomic E-state index is 0.0284. The molecule has 1 fully saturated rings. The molecule has 1 aromatic carbocycles. The Morgan fingerprint density at radius 3 is 2.26 bits per heavy atom. The highest BCUT2D eigenvalue weighted by Gasteiger charge is 2.41. The van der Waals surface area contributed by atoms with Crippen LogP contribution in [0.25, 0.3) is 0 Å². The van der Waals surface area contributed by atoms with Crippen LogP contribution in [0.5, 0.6) is 0 Å². The second kappa shape index (κ2) is 9.92. The van der Waals surface area contributed by atoms with Crippen molar-refractivity contribution in [1.82, 2.24) is 9.80 Å². The predicted octanol–water partition coefficient (Wildman–Crippen LogP) is 7.33. The Morgan fingerprint density at radius 2 is 1.69 bits per heavy atom. The molecule has 0 aliphatic carbocycles. The summed E-state index contributed by atoms with van der Waals surface area (Å²) in [4.78, 5) is 32.1. The fourth-order valence-corrected chi connectivity index (χ4v) is 5.57. The van der Waals surface area contributed by atoms with Crippen molar-refractivity contribution in [3.05, 3.63) is 44.8 Å². The minimum atomic E-state index is -0.484. The van der Waals surface area contributed by atoms with Crippen LogP contribution in [-0.2, 0) is 5.41 Å². The first-order chi connectivity index (χ1) is 16.0. The molecule has 1 aromatic heterocycles. The van der Waals surface area contributed by atoms with Gasteiger partial charge in [0.05, 0.1) is 26.8 Å². The lowest BCUT2D eigenvalue weighted by molar-refractivity contribution is -0.0109. The number of urea groups is 1. The third-order valence-electron chi connectivity index (χ3n) is 6.22. The lowest BCUT2D eigenvalue weighted by Gasteiger charge is -2.51. The number of nitrogens with one attached hydrogen (secondary N) is 2. The number of anilines is 2. The summed E-state index contributed by atoms with van der Waals surface area (Å²) in [6.07, 6.45) is 0. The van der Waals surface area contributed by atoms with Gasteiger partial charge in [0.2, 0.25) is 0 Å². The normalized spacial score (nSPS) is 16.8. The maximum absolute atomic E-state index is 13.9. The maximum Gasteiger partial charge on any atom is 0.324 e. The van der Waals surface area contributed by atoms with Gasteiger partial charge in [0.1, 0.15) is 5.00 Å². The van der Waals surface area contributed by atoms with Crippen molar-refractivity contribution in [1.29, 1.82) is 0 Å². The Balaban J connectivity index is 1.89. The first-order valence-corrected chi connectivity index (χ1v) is 13.3. The summed E-state index contributed by atoms with van der Waals surface area (Å²) in [5.74, 6) is -0.0774. The van der Waals surface area contributed by atoms with Gasteiger partial charge in [-0.15, -0.1) is 11.3 Å². The third kappa shape index (κ3) is 6.31. The number of amides is 3. The molecule has 2 aromatic rings. The van der Waals surface area contributed by atoms with E-state index < -0.39 is 6.03 Å².